The number of esters is 1. The molecule has 25 heavy (non-hydrogen) atoms. The van der Waals surface area contributed by atoms with Crippen LogP contribution in [-0.2, 0) is 14.4 Å². The van der Waals surface area contributed by atoms with Crippen molar-refractivity contribution in [3.05, 3.63) is 46.5 Å². The maximum atomic E-state index is 12.3. The summed E-state index contributed by atoms with van der Waals surface area (Å²) in [5.41, 5.74) is -0.188. The summed E-state index contributed by atoms with van der Waals surface area (Å²) in [6.45, 7) is -0.0432. The minimum atomic E-state index is -0.658. The van der Waals surface area contributed by atoms with Crippen molar-refractivity contribution < 1.29 is 24.0 Å². The quantitative estimate of drug-likeness (QED) is 0.201. The summed E-state index contributed by atoms with van der Waals surface area (Å²) in [5, 5.41) is 10.7. The molecule has 1 saturated heterocycles. The number of hydrogen-bond acceptors (Lipinski definition) is 6. The zero-order valence-electron chi connectivity index (χ0n) is 13.3. The topological polar surface area (TPSA) is 107 Å². The molecule has 1 aromatic rings. The number of imide groups is 1. The first-order valence-corrected chi connectivity index (χ1v) is 7.92. The number of nitro benzene ring substituents is 1. The molecular weight excluding hydrogens is 328 g/mol. The summed E-state index contributed by atoms with van der Waals surface area (Å²) in [6, 6.07) is 5.27. The molecule has 0 bridgehead atoms. The maximum Gasteiger partial charge on any atom is 0.313 e. The van der Waals surface area contributed by atoms with E-state index in [-0.39, 0.29) is 48.1 Å². The molecule has 0 N–H and O–H groups in total. The Morgan fingerprint density at radius 1 is 1.20 bits per heavy atom. The summed E-state index contributed by atoms with van der Waals surface area (Å²) >= 11 is 0. The summed E-state index contributed by atoms with van der Waals surface area (Å²) in [4.78, 5) is 47.7. The first kappa shape index (κ1) is 16.8. The Labute approximate surface area is 143 Å². The zero-order valence-corrected chi connectivity index (χ0v) is 13.3. The molecule has 0 radical (unpaired) electrons. The Morgan fingerprint density at radius 2 is 1.84 bits per heavy atom. The lowest BCUT2D eigenvalue weighted by Gasteiger charge is -2.14. The Kier molecular flexibility index (Phi) is 4.60. The van der Waals surface area contributed by atoms with Crippen molar-refractivity contribution >= 4 is 23.5 Å². The van der Waals surface area contributed by atoms with Gasteiger partial charge in [0.1, 0.15) is 5.75 Å². The van der Waals surface area contributed by atoms with Crippen molar-refractivity contribution in [2.75, 3.05) is 6.54 Å². The van der Waals surface area contributed by atoms with Crippen molar-refractivity contribution in [3.63, 3.8) is 0 Å². The highest BCUT2D eigenvalue weighted by Crippen LogP contribution is 2.35. The van der Waals surface area contributed by atoms with Crippen molar-refractivity contribution in [2.24, 2.45) is 11.8 Å². The Morgan fingerprint density at radius 3 is 2.44 bits per heavy atom. The van der Waals surface area contributed by atoms with Gasteiger partial charge in [-0.1, -0.05) is 18.2 Å². The largest absolute Gasteiger partial charge is 0.426 e. The number of likely N-dealkylation sites (tertiary alicyclic amines) is 1. The average molecular weight is 344 g/mol. The third kappa shape index (κ3) is 3.42. The summed E-state index contributed by atoms with van der Waals surface area (Å²) in [6.07, 6.45) is 4.72. The molecule has 0 aromatic heterocycles. The van der Waals surface area contributed by atoms with Crippen LogP contribution in [0.2, 0.25) is 0 Å². The molecule has 2 amide bonds. The van der Waals surface area contributed by atoms with Gasteiger partial charge in [-0.05, 0) is 18.9 Å². The molecule has 1 fully saturated rings. The van der Waals surface area contributed by atoms with Crippen LogP contribution in [0.1, 0.15) is 19.3 Å². The molecule has 0 saturated carbocycles. The molecule has 0 unspecified atom stereocenters. The van der Waals surface area contributed by atoms with Gasteiger partial charge in [0.15, 0.2) is 0 Å². The van der Waals surface area contributed by atoms with E-state index in [0.29, 0.717) is 12.8 Å². The van der Waals surface area contributed by atoms with Gasteiger partial charge in [0.25, 0.3) is 5.69 Å². The number of nitrogens with zero attached hydrogens (tertiary/aromatic N) is 2. The van der Waals surface area contributed by atoms with Crippen LogP contribution in [-0.4, -0.2) is 34.2 Å². The standard InChI is InChI=1S/C17H16N2O6/c20-15(25-12-5-3-4-11(10-12)19(23)24)8-9-18-16(21)13-6-1-2-7-14(13)17(18)22/h1-5,10,13-14H,6-9H2/t13-,14-/m0/s1. The average Bonchev–Trinajstić information content (AvgIpc) is 2.85. The molecule has 1 aliphatic heterocycles. The van der Waals surface area contributed by atoms with Crippen molar-refractivity contribution in [3.8, 4) is 5.75 Å². The number of amides is 2. The lowest BCUT2D eigenvalue weighted by atomic mass is 9.85. The molecule has 3 rings (SSSR count). The van der Waals surface area contributed by atoms with Gasteiger partial charge in [0, 0.05) is 12.6 Å². The third-order valence-electron chi connectivity index (χ3n) is 4.40. The predicted octanol–water partition coefficient (Wildman–Crippen LogP) is 1.84. The molecular formula is C17H16N2O6. The Hall–Kier alpha value is -3.03. The van der Waals surface area contributed by atoms with Crippen LogP contribution in [0.25, 0.3) is 0 Å². The second-order valence-electron chi connectivity index (χ2n) is 5.96. The van der Waals surface area contributed by atoms with E-state index in [1.165, 1.54) is 18.2 Å². The molecule has 2 atom stereocenters. The second kappa shape index (κ2) is 6.84. The van der Waals surface area contributed by atoms with Gasteiger partial charge in [-0.2, -0.15) is 0 Å². The normalized spacial score (nSPS) is 22.0. The highest BCUT2D eigenvalue weighted by atomic mass is 16.6. The van der Waals surface area contributed by atoms with Crippen LogP contribution in [0.15, 0.2) is 36.4 Å². The molecule has 130 valence electrons. The SMILES string of the molecule is O=C(CCN1C(=O)[C@H]2CC=CC[C@@H]2C1=O)Oc1cccc([N+](=O)[O-])c1. The van der Waals surface area contributed by atoms with Crippen LogP contribution in [0.5, 0.6) is 5.75 Å². The van der Waals surface area contributed by atoms with E-state index in [4.69, 9.17) is 4.74 Å². The minimum absolute atomic E-state index is 0.0432. The molecule has 2 aliphatic rings. The Bertz CT molecular complexity index is 746. The minimum Gasteiger partial charge on any atom is -0.426 e. The monoisotopic (exact) mass is 344 g/mol. The number of carbonyl (C=O) groups is 3. The Balaban J connectivity index is 1.58. The molecule has 8 heteroatoms. The first-order chi connectivity index (χ1) is 12.0. The number of hydrogen-bond donors (Lipinski definition) is 0. The number of allylic oxidation sites excluding steroid dienone is 2. The van der Waals surface area contributed by atoms with Gasteiger partial charge in [-0.3, -0.25) is 29.4 Å². The number of non-ortho nitro benzene ring substituents is 1. The van der Waals surface area contributed by atoms with Crippen LogP contribution in [0, 0.1) is 22.0 Å². The lowest BCUT2D eigenvalue weighted by Crippen LogP contribution is -2.33. The zero-order chi connectivity index (χ0) is 18.0. The molecule has 0 spiro atoms. The van der Waals surface area contributed by atoms with Crippen molar-refractivity contribution in [1.82, 2.24) is 4.90 Å². The molecule has 1 heterocycles. The number of nitro groups is 1. The second-order valence-corrected chi connectivity index (χ2v) is 5.96. The van der Waals surface area contributed by atoms with E-state index in [0.717, 1.165) is 11.0 Å². The van der Waals surface area contributed by atoms with Gasteiger partial charge in [0.2, 0.25) is 11.8 Å². The summed E-state index contributed by atoms with van der Waals surface area (Å²) < 4.78 is 5.05. The fourth-order valence-corrected chi connectivity index (χ4v) is 3.14. The van der Waals surface area contributed by atoms with E-state index in [2.05, 4.69) is 0 Å². The van der Waals surface area contributed by atoms with E-state index < -0.39 is 10.9 Å². The summed E-state index contributed by atoms with van der Waals surface area (Å²) in [5.74, 6) is -1.76. The number of carbonyl (C=O) groups excluding carboxylic acids is 3. The van der Waals surface area contributed by atoms with Gasteiger partial charge in [-0.15, -0.1) is 0 Å². The van der Waals surface area contributed by atoms with Crippen LogP contribution < -0.4 is 4.74 Å². The fraction of sp³-hybridized carbons (Fsp3) is 0.353. The van der Waals surface area contributed by atoms with Gasteiger partial charge in [0.05, 0.1) is 29.2 Å². The lowest BCUT2D eigenvalue weighted by molar-refractivity contribution is -0.384. The van der Waals surface area contributed by atoms with Gasteiger partial charge in [-0.25, -0.2) is 0 Å². The summed E-state index contributed by atoms with van der Waals surface area (Å²) in [7, 11) is 0. The number of fused-ring (bicyclic) bond motifs is 1. The van der Waals surface area contributed by atoms with Crippen LogP contribution in [0.3, 0.4) is 0 Å². The molecule has 1 aromatic carbocycles. The fourth-order valence-electron chi connectivity index (χ4n) is 3.14. The van der Waals surface area contributed by atoms with Crippen LogP contribution in [0.4, 0.5) is 5.69 Å². The highest BCUT2D eigenvalue weighted by molar-refractivity contribution is 6.05. The predicted molar refractivity (Wildman–Crippen MR) is 85.4 cm³/mol. The highest BCUT2D eigenvalue weighted by Gasteiger charge is 2.46. The maximum absolute atomic E-state index is 12.3. The van der Waals surface area contributed by atoms with Gasteiger partial charge >= 0.3 is 5.97 Å². The number of rotatable bonds is 5. The van der Waals surface area contributed by atoms with Gasteiger partial charge < -0.3 is 4.74 Å². The van der Waals surface area contributed by atoms with Crippen LogP contribution >= 0.6 is 0 Å². The van der Waals surface area contributed by atoms with Crippen molar-refractivity contribution in [2.45, 2.75) is 19.3 Å². The number of benzene rings is 1. The molecule has 1 aliphatic carbocycles. The van der Waals surface area contributed by atoms with E-state index in [9.17, 15) is 24.5 Å². The van der Waals surface area contributed by atoms with E-state index >= 15 is 0 Å². The third-order valence-corrected chi connectivity index (χ3v) is 4.40. The number of ether oxygens (including phenoxy) is 1. The van der Waals surface area contributed by atoms with E-state index in [1.54, 1.807) is 0 Å². The molecule has 8 nitrogen and oxygen atoms in total. The van der Waals surface area contributed by atoms with E-state index in [1.807, 2.05) is 12.2 Å². The first-order valence-electron chi connectivity index (χ1n) is 7.92. The van der Waals surface area contributed by atoms with Crippen molar-refractivity contribution in [1.29, 1.82) is 0 Å². The smallest absolute Gasteiger partial charge is 0.313 e.